The fraction of sp³-hybridized carbons (Fsp3) is 0.111. The average Bonchev–Trinajstić information content (AvgIpc) is 2.63. The lowest BCUT2D eigenvalue weighted by molar-refractivity contribution is 0.391. The van der Waals surface area contributed by atoms with Crippen LogP contribution in [0.1, 0.15) is 5.69 Å². The summed E-state index contributed by atoms with van der Waals surface area (Å²) >= 11 is 12.3. The van der Waals surface area contributed by atoms with E-state index in [1.54, 1.807) is 18.2 Å². The summed E-state index contributed by atoms with van der Waals surface area (Å²) in [5.74, 6) is -0.178. The van der Waals surface area contributed by atoms with Gasteiger partial charge in [-0.2, -0.15) is 5.26 Å². The van der Waals surface area contributed by atoms with Gasteiger partial charge in [-0.3, -0.25) is 0 Å². The summed E-state index contributed by atoms with van der Waals surface area (Å²) in [6, 6.07) is 9.48. The Morgan fingerprint density at radius 1 is 1.08 bits per heavy atom. The Morgan fingerprint density at radius 3 is 2.50 bits per heavy atom. The first-order chi connectivity index (χ1) is 12.5. The molecule has 0 fully saturated rings. The molecule has 0 aliphatic carbocycles. The van der Waals surface area contributed by atoms with E-state index in [1.165, 1.54) is 26.4 Å². The first-order valence-corrected chi connectivity index (χ1v) is 8.11. The second-order valence-corrected chi connectivity index (χ2v) is 6.05. The van der Waals surface area contributed by atoms with E-state index in [0.717, 1.165) is 0 Å². The molecule has 2 aromatic carbocycles. The molecule has 1 heterocycles. The molecule has 0 aliphatic heterocycles. The third-order valence-electron chi connectivity index (χ3n) is 3.72. The lowest BCUT2D eigenvalue weighted by Crippen LogP contribution is -1.99. The molecule has 0 radical (unpaired) electrons. The van der Waals surface area contributed by atoms with Crippen molar-refractivity contribution in [1.29, 1.82) is 5.26 Å². The normalized spacial score (nSPS) is 10.5. The average molecular weight is 392 g/mol. The molecule has 3 rings (SSSR count). The van der Waals surface area contributed by atoms with Crippen molar-refractivity contribution in [3.05, 3.63) is 51.9 Å². The summed E-state index contributed by atoms with van der Waals surface area (Å²) < 4.78 is 24.3. The summed E-state index contributed by atoms with van der Waals surface area (Å²) in [6.07, 6.45) is 0. The SMILES string of the molecule is COc1cc(Nc2cc(C#N)nc3c(OC)c(F)ccc23)c(Cl)cc1Cl. The van der Waals surface area contributed by atoms with Crippen molar-refractivity contribution in [1.82, 2.24) is 4.98 Å². The Balaban J connectivity index is 2.21. The number of pyridine rings is 1. The number of nitriles is 1. The van der Waals surface area contributed by atoms with E-state index >= 15 is 0 Å². The predicted octanol–water partition coefficient (Wildman–Crippen LogP) is 5.31. The molecule has 0 saturated heterocycles. The molecule has 0 bridgehead atoms. The fourth-order valence-electron chi connectivity index (χ4n) is 2.52. The highest BCUT2D eigenvalue weighted by Crippen LogP contribution is 2.38. The molecule has 0 aliphatic rings. The van der Waals surface area contributed by atoms with Gasteiger partial charge in [0.2, 0.25) is 0 Å². The molecule has 0 unspecified atom stereocenters. The number of fused-ring (bicyclic) bond motifs is 1. The van der Waals surface area contributed by atoms with E-state index < -0.39 is 5.82 Å². The standard InChI is InChI=1S/C18H12Cl2FN3O2/c1-25-16-7-15(11(19)6-12(16)20)24-14-5-9(8-22)23-17-10(14)3-4-13(21)18(17)26-2/h3-7H,1-2H3,(H,23,24). The molecule has 0 saturated carbocycles. The van der Waals surface area contributed by atoms with Crippen LogP contribution in [-0.2, 0) is 0 Å². The second-order valence-electron chi connectivity index (χ2n) is 5.24. The van der Waals surface area contributed by atoms with Crippen LogP contribution >= 0.6 is 23.2 Å². The van der Waals surface area contributed by atoms with E-state index in [9.17, 15) is 9.65 Å². The molecule has 0 amide bonds. The van der Waals surface area contributed by atoms with E-state index in [4.69, 9.17) is 32.7 Å². The van der Waals surface area contributed by atoms with Crippen molar-refractivity contribution in [2.45, 2.75) is 0 Å². The van der Waals surface area contributed by atoms with E-state index in [0.29, 0.717) is 32.6 Å². The van der Waals surface area contributed by atoms with Gasteiger partial charge in [0, 0.05) is 11.5 Å². The Morgan fingerprint density at radius 2 is 1.85 bits per heavy atom. The predicted molar refractivity (Wildman–Crippen MR) is 99.3 cm³/mol. The number of anilines is 2. The number of rotatable bonds is 4. The zero-order valence-corrected chi connectivity index (χ0v) is 15.2. The number of benzene rings is 2. The first-order valence-electron chi connectivity index (χ1n) is 7.36. The zero-order valence-electron chi connectivity index (χ0n) is 13.7. The summed E-state index contributed by atoms with van der Waals surface area (Å²) in [4.78, 5) is 4.15. The van der Waals surface area contributed by atoms with Crippen LogP contribution in [0.2, 0.25) is 10.0 Å². The van der Waals surface area contributed by atoms with E-state index in [2.05, 4.69) is 10.3 Å². The third kappa shape index (κ3) is 3.19. The minimum atomic E-state index is -0.570. The van der Waals surface area contributed by atoms with Gasteiger partial charge < -0.3 is 14.8 Å². The molecule has 132 valence electrons. The van der Waals surface area contributed by atoms with Crippen LogP contribution in [0.15, 0.2) is 30.3 Å². The number of halogens is 3. The van der Waals surface area contributed by atoms with Crippen molar-refractivity contribution in [3.63, 3.8) is 0 Å². The fourth-order valence-corrected chi connectivity index (χ4v) is 3.03. The van der Waals surface area contributed by atoms with Crippen LogP contribution in [0.5, 0.6) is 11.5 Å². The van der Waals surface area contributed by atoms with Crippen LogP contribution in [0, 0.1) is 17.1 Å². The Labute approximate surface area is 158 Å². The number of methoxy groups -OCH3 is 2. The Bertz CT molecular complexity index is 1050. The highest BCUT2D eigenvalue weighted by Gasteiger charge is 2.16. The molecular formula is C18H12Cl2FN3O2. The lowest BCUT2D eigenvalue weighted by Gasteiger charge is -2.15. The van der Waals surface area contributed by atoms with Gasteiger partial charge in [-0.25, -0.2) is 9.37 Å². The lowest BCUT2D eigenvalue weighted by atomic mass is 10.1. The molecular weight excluding hydrogens is 380 g/mol. The summed E-state index contributed by atoms with van der Waals surface area (Å²) in [6.45, 7) is 0. The highest BCUT2D eigenvalue weighted by atomic mass is 35.5. The highest BCUT2D eigenvalue weighted by molar-refractivity contribution is 6.37. The monoisotopic (exact) mass is 391 g/mol. The molecule has 1 N–H and O–H groups in total. The Kier molecular flexibility index (Phi) is 5.03. The maximum absolute atomic E-state index is 14.0. The van der Waals surface area contributed by atoms with Crippen molar-refractivity contribution >= 4 is 45.5 Å². The summed E-state index contributed by atoms with van der Waals surface area (Å²) in [5, 5.41) is 13.7. The van der Waals surface area contributed by atoms with Gasteiger partial charge in [0.15, 0.2) is 11.6 Å². The van der Waals surface area contributed by atoms with Gasteiger partial charge in [0.1, 0.15) is 23.0 Å². The number of hydrogen-bond acceptors (Lipinski definition) is 5. The van der Waals surface area contributed by atoms with Crippen LogP contribution in [0.4, 0.5) is 15.8 Å². The van der Waals surface area contributed by atoms with Crippen LogP contribution in [-0.4, -0.2) is 19.2 Å². The molecule has 26 heavy (non-hydrogen) atoms. The topological polar surface area (TPSA) is 67.2 Å². The zero-order chi connectivity index (χ0) is 18.8. The van der Waals surface area contributed by atoms with Crippen molar-refractivity contribution in [2.75, 3.05) is 19.5 Å². The smallest absolute Gasteiger partial charge is 0.180 e. The number of nitrogens with one attached hydrogen (secondary N) is 1. The van der Waals surface area contributed by atoms with E-state index in [-0.39, 0.29) is 17.0 Å². The third-order valence-corrected chi connectivity index (χ3v) is 4.32. The van der Waals surface area contributed by atoms with Gasteiger partial charge in [-0.05, 0) is 24.3 Å². The number of hydrogen-bond donors (Lipinski definition) is 1. The molecule has 5 nitrogen and oxygen atoms in total. The Hall–Kier alpha value is -2.75. The molecule has 8 heteroatoms. The van der Waals surface area contributed by atoms with Crippen LogP contribution in [0.25, 0.3) is 10.9 Å². The minimum Gasteiger partial charge on any atom is -0.495 e. The maximum atomic E-state index is 14.0. The van der Waals surface area contributed by atoms with Gasteiger partial charge in [0.05, 0.1) is 35.6 Å². The maximum Gasteiger partial charge on any atom is 0.180 e. The largest absolute Gasteiger partial charge is 0.495 e. The minimum absolute atomic E-state index is 0.0394. The number of nitrogens with zero attached hydrogens (tertiary/aromatic N) is 2. The van der Waals surface area contributed by atoms with Gasteiger partial charge in [-0.15, -0.1) is 0 Å². The number of aromatic nitrogens is 1. The van der Waals surface area contributed by atoms with Gasteiger partial charge in [0.25, 0.3) is 0 Å². The van der Waals surface area contributed by atoms with Gasteiger partial charge in [-0.1, -0.05) is 23.2 Å². The molecule has 0 spiro atoms. The quantitative estimate of drug-likeness (QED) is 0.652. The van der Waals surface area contributed by atoms with Crippen molar-refractivity contribution in [2.24, 2.45) is 0 Å². The van der Waals surface area contributed by atoms with E-state index in [1.807, 2.05) is 6.07 Å². The van der Waals surface area contributed by atoms with Crippen molar-refractivity contribution < 1.29 is 13.9 Å². The van der Waals surface area contributed by atoms with Crippen molar-refractivity contribution in [3.8, 4) is 17.6 Å². The van der Waals surface area contributed by atoms with Crippen LogP contribution in [0.3, 0.4) is 0 Å². The second kappa shape index (κ2) is 7.24. The number of ether oxygens (including phenoxy) is 2. The first kappa shape index (κ1) is 18.1. The summed E-state index contributed by atoms with van der Waals surface area (Å²) in [5.41, 5.74) is 1.34. The molecule has 1 aromatic heterocycles. The van der Waals surface area contributed by atoms with Crippen LogP contribution < -0.4 is 14.8 Å². The summed E-state index contributed by atoms with van der Waals surface area (Å²) in [7, 11) is 2.83. The van der Waals surface area contributed by atoms with Gasteiger partial charge >= 0.3 is 0 Å². The molecule has 0 atom stereocenters. The molecule has 3 aromatic rings.